The summed E-state index contributed by atoms with van der Waals surface area (Å²) in [5.41, 5.74) is 3.97. The number of aromatic nitrogens is 1. The molecule has 138 valence electrons. The zero-order valence-electron chi connectivity index (χ0n) is 14.4. The average molecular weight is 401 g/mol. The van der Waals surface area contributed by atoms with Crippen LogP contribution in [-0.2, 0) is 6.61 Å². The van der Waals surface area contributed by atoms with Crippen LogP contribution in [0.25, 0.3) is 0 Å². The van der Waals surface area contributed by atoms with Crippen molar-refractivity contribution in [2.24, 2.45) is 0 Å². The van der Waals surface area contributed by atoms with E-state index in [1.807, 2.05) is 11.4 Å². The molecular formula is C20H17FN2O2S2. The molecule has 0 saturated heterocycles. The molecule has 7 heteroatoms. The Bertz CT molecular complexity index is 947. The molecule has 1 amide bonds. The molecule has 1 aliphatic heterocycles. The summed E-state index contributed by atoms with van der Waals surface area (Å²) in [4.78, 5) is 17.9. The standard InChI is InChI=1S/C20H17FN2O2S2/c21-14-4-5-19-17(9-14)18(6-7-27-19)23-20(24)13-2-1-3-16(8-13)25-10-15-11-26-12-22-15/h1-5,8-9,11-12,18H,6-7,10H2,(H,23,24). The maximum Gasteiger partial charge on any atom is 0.251 e. The number of carbonyl (C=O) groups excluding carboxylic acids is 1. The molecule has 4 nitrogen and oxygen atoms in total. The largest absolute Gasteiger partial charge is 0.487 e. The van der Waals surface area contributed by atoms with Crippen LogP contribution in [0.3, 0.4) is 0 Å². The predicted molar refractivity (Wildman–Crippen MR) is 105 cm³/mol. The molecular weight excluding hydrogens is 383 g/mol. The van der Waals surface area contributed by atoms with Crippen molar-refractivity contribution in [2.45, 2.75) is 24.0 Å². The number of thiazole rings is 1. The molecule has 2 aromatic carbocycles. The van der Waals surface area contributed by atoms with Gasteiger partial charge in [0.05, 0.1) is 17.2 Å². The zero-order chi connectivity index (χ0) is 18.6. The quantitative estimate of drug-likeness (QED) is 0.667. The van der Waals surface area contributed by atoms with Gasteiger partial charge in [0, 0.05) is 21.6 Å². The van der Waals surface area contributed by atoms with Crippen LogP contribution in [0.15, 0.2) is 58.3 Å². The van der Waals surface area contributed by atoms with Crippen LogP contribution in [0.4, 0.5) is 4.39 Å². The number of hydrogen-bond donors (Lipinski definition) is 1. The van der Waals surface area contributed by atoms with E-state index >= 15 is 0 Å². The van der Waals surface area contributed by atoms with E-state index in [9.17, 15) is 9.18 Å². The first-order valence-electron chi connectivity index (χ1n) is 8.52. The Morgan fingerprint density at radius 1 is 1.30 bits per heavy atom. The summed E-state index contributed by atoms with van der Waals surface area (Å²) in [7, 11) is 0. The molecule has 2 heterocycles. The number of fused-ring (bicyclic) bond motifs is 1. The monoisotopic (exact) mass is 400 g/mol. The van der Waals surface area contributed by atoms with Gasteiger partial charge in [0.2, 0.25) is 0 Å². The predicted octanol–water partition coefficient (Wildman–Crippen LogP) is 4.83. The molecule has 4 rings (SSSR count). The highest BCUT2D eigenvalue weighted by molar-refractivity contribution is 7.99. The van der Waals surface area contributed by atoms with Crippen LogP contribution < -0.4 is 10.1 Å². The van der Waals surface area contributed by atoms with Crippen LogP contribution in [0.1, 0.15) is 34.1 Å². The number of carbonyl (C=O) groups is 1. The third-order valence-electron chi connectivity index (χ3n) is 4.28. The highest BCUT2D eigenvalue weighted by Crippen LogP contribution is 2.36. The van der Waals surface area contributed by atoms with Crippen LogP contribution in [0, 0.1) is 5.82 Å². The molecule has 1 aliphatic rings. The van der Waals surface area contributed by atoms with E-state index in [-0.39, 0.29) is 17.8 Å². The number of ether oxygens (including phenoxy) is 1. The fourth-order valence-corrected chi connectivity index (χ4v) is 4.60. The Balaban J connectivity index is 1.46. The fraction of sp³-hybridized carbons (Fsp3) is 0.200. The van der Waals surface area contributed by atoms with Crippen molar-refractivity contribution in [3.63, 3.8) is 0 Å². The first-order valence-corrected chi connectivity index (χ1v) is 10.4. The number of amides is 1. The van der Waals surface area contributed by atoms with Crippen LogP contribution in [-0.4, -0.2) is 16.6 Å². The summed E-state index contributed by atoms with van der Waals surface area (Å²) in [5, 5.41) is 4.96. The first-order chi connectivity index (χ1) is 13.2. The minimum Gasteiger partial charge on any atom is -0.487 e. The van der Waals surface area contributed by atoms with Gasteiger partial charge in [-0.15, -0.1) is 23.1 Å². The van der Waals surface area contributed by atoms with Gasteiger partial charge in [-0.3, -0.25) is 4.79 Å². The van der Waals surface area contributed by atoms with Gasteiger partial charge < -0.3 is 10.1 Å². The molecule has 0 saturated carbocycles. The van der Waals surface area contributed by atoms with Gasteiger partial charge >= 0.3 is 0 Å². The molecule has 0 spiro atoms. The zero-order valence-corrected chi connectivity index (χ0v) is 16.0. The lowest BCUT2D eigenvalue weighted by molar-refractivity contribution is 0.0934. The minimum absolute atomic E-state index is 0.191. The average Bonchev–Trinajstić information content (AvgIpc) is 3.21. The normalized spacial score (nSPS) is 15.8. The second-order valence-corrected chi connectivity index (χ2v) is 8.00. The number of benzene rings is 2. The second-order valence-electron chi connectivity index (χ2n) is 6.14. The third-order valence-corrected chi connectivity index (χ3v) is 6.04. The summed E-state index contributed by atoms with van der Waals surface area (Å²) in [6, 6.07) is 11.6. The summed E-state index contributed by atoms with van der Waals surface area (Å²) in [6.45, 7) is 0.362. The van der Waals surface area contributed by atoms with E-state index < -0.39 is 0 Å². The highest BCUT2D eigenvalue weighted by Gasteiger charge is 2.23. The molecule has 0 radical (unpaired) electrons. The molecule has 1 unspecified atom stereocenters. The Labute approximate surface area is 164 Å². The summed E-state index contributed by atoms with van der Waals surface area (Å²) >= 11 is 3.20. The van der Waals surface area contributed by atoms with Crippen molar-refractivity contribution in [2.75, 3.05) is 5.75 Å². The van der Waals surface area contributed by atoms with Crippen molar-refractivity contribution >= 4 is 29.0 Å². The summed E-state index contributed by atoms with van der Waals surface area (Å²) < 4.78 is 19.4. The van der Waals surface area contributed by atoms with Gasteiger partial charge in [0.1, 0.15) is 18.2 Å². The smallest absolute Gasteiger partial charge is 0.251 e. The van der Waals surface area contributed by atoms with Crippen molar-refractivity contribution < 1.29 is 13.9 Å². The first kappa shape index (κ1) is 18.0. The van der Waals surface area contributed by atoms with E-state index in [0.29, 0.717) is 17.9 Å². The Kier molecular flexibility index (Phi) is 5.40. The maximum absolute atomic E-state index is 13.6. The molecule has 27 heavy (non-hydrogen) atoms. The molecule has 0 bridgehead atoms. The molecule has 3 aromatic rings. The van der Waals surface area contributed by atoms with Gasteiger partial charge in [0.15, 0.2) is 0 Å². The lowest BCUT2D eigenvalue weighted by Gasteiger charge is -2.26. The highest BCUT2D eigenvalue weighted by atomic mass is 32.2. The number of nitrogens with one attached hydrogen (secondary N) is 1. The van der Waals surface area contributed by atoms with Gasteiger partial charge in [-0.05, 0) is 48.4 Å². The van der Waals surface area contributed by atoms with Gasteiger partial charge in [-0.2, -0.15) is 0 Å². The number of rotatable bonds is 5. The van der Waals surface area contributed by atoms with Gasteiger partial charge in [0.25, 0.3) is 5.91 Å². The van der Waals surface area contributed by atoms with Crippen molar-refractivity contribution in [1.29, 1.82) is 0 Å². The molecule has 1 aromatic heterocycles. The van der Waals surface area contributed by atoms with Crippen molar-refractivity contribution in [1.82, 2.24) is 10.3 Å². The lowest BCUT2D eigenvalue weighted by Crippen LogP contribution is -2.30. The molecule has 0 aliphatic carbocycles. The molecule has 0 fully saturated rings. The maximum atomic E-state index is 13.6. The summed E-state index contributed by atoms with van der Waals surface area (Å²) in [5.74, 6) is 1.02. The second kappa shape index (κ2) is 8.10. The van der Waals surface area contributed by atoms with E-state index in [2.05, 4.69) is 10.3 Å². The Morgan fingerprint density at radius 2 is 2.22 bits per heavy atom. The minimum atomic E-state index is -0.284. The van der Waals surface area contributed by atoms with Crippen LogP contribution in [0.2, 0.25) is 0 Å². The van der Waals surface area contributed by atoms with E-state index in [1.54, 1.807) is 41.5 Å². The van der Waals surface area contributed by atoms with Gasteiger partial charge in [-0.25, -0.2) is 9.37 Å². The van der Waals surface area contributed by atoms with E-state index in [4.69, 9.17) is 4.74 Å². The molecule has 1 N–H and O–H groups in total. The Hall–Kier alpha value is -2.38. The SMILES string of the molecule is O=C(NC1CCSc2ccc(F)cc21)c1cccc(OCc2cscn2)c1. The number of halogens is 1. The fourth-order valence-electron chi connectivity index (χ4n) is 2.95. The van der Waals surface area contributed by atoms with Crippen molar-refractivity contribution in [3.05, 3.63) is 76.0 Å². The van der Waals surface area contributed by atoms with E-state index in [1.165, 1.54) is 23.5 Å². The number of nitrogens with zero attached hydrogens (tertiary/aromatic N) is 1. The van der Waals surface area contributed by atoms with Crippen LogP contribution in [0.5, 0.6) is 5.75 Å². The van der Waals surface area contributed by atoms with Crippen molar-refractivity contribution in [3.8, 4) is 5.75 Å². The Morgan fingerprint density at radius 3 is 3.07 bits per heavy atom. The van der Waals surface area contributed by atoms with E-state index in [0.717, 1.165) is 28.3 Å². The summed E-state index contributed by atoms with van der Waals surface area (Å²) in [6.07, 6.45) is 0.771. The van der Waals surface area contributed by atoms with Gasteiger partial charge in [-0.1, -0.05) is 6.07 Å². The molecule has 1 atom stereocenters. The lowest BCUT2D eigenvalue weighted by atomic mass is 10.0. The van der Waals surface area contributed by atoms with Crippen LogP contribution >= 0.6 is 23.1 Å². The number of thioether (sulfide) groups is 1. The third kappa shape index (κ3) is 4.31. The number of hydrogen-bond acceptors (Lipinski definition) is 5. The topological polar surface area (TPSA) is 51.2 Å².